The van der Waals surface area contributed by atoms with Crippen molar-refractivity contribution in [2.45, 2.75) is 123 Å². The van der Waals surface area contributed by atoms with Gasteiger partial charge in [-0.05, 0) is 25.0 Å². The van der Waals surface area contributed by atoms with Crippen molar-refractivity contribution >= 4 is 6.16 Å². The van der Waals surface area contributed by atoms with E-state index in [4.69, 9.17) is 14.6 Å². The Hall–Kier alpha value is -1.79. The summed E-state index contributed by atoms with van der Waals surface area (Å²) in [7, 11) is 0. The molecule has 6 nitrogen and oxygen atoms in total. The van der Waals surface area contributed by atoms with Crippen molar-refractivity contribution < 1.29 is 29.2 Å². The van der Waals surface area contributed by atoms with Crippen LogP contribution in [0.2, 0.25) is 0 Å². The van der Waals surface area contributed by atoms with Crippen LogP contribution in [0.5, 0.6) is 11.5 Å². The minimum atomic E-state index is -1.47. The third-order valence-electron chi connectivity index (χ3n) is 6.02. The lowest BCUT2D eigenvalue weighted by molar-refractivity contribution is -0.149. The van der Waals surface area contributed by atoms with Crippen LogP contribution < -0.4 is 4.74 Å². The number of para-hydroxylation sites is 1. The van der Waals surface area contributed by atoms with Gasteiger partial charge in [0.1, 0.15) is 0 Å². The second-order valence-corrected chi connectivity index (χ2v) is 9.09. The number of ether oxygens (including phenoxy) is 3. The number of carboxylic acid groups (broad SMARTS) is 1. The molecule has 2 N–H and O–H groups in total. The second-order valence-electron chi connectivity index (χ2n) is 9.09. The Balaban J connectivity index is 2.49. The third-order valence-corrected chi connectivity index (χ3v) is 6.02. The third kappa shape index (κ3) is 14.5. The highest BCUT2D eigenvalue weighted by Crippen LogP contribution is 2.36. The Morgan fingerprint density at radius 1 is 0.735 bits per heavy atom. The van der Waals surface area contributed by atoms with Crippen LogP contribution in [0.1, 0.15) is 128 Å². The van der Waals surface area contributed by atoms with Gasteiger partial charge in [0.25, 0.3) is 0 Å². The van der Waals surface area contributed by atoms with E-state index in [2.05, 4.69) is 18.6 Å². The van der Waals surface area contributed by atoms with Crippen molar-refractivity contribution in [1.29, 1.82) is 0 Å². The maximum absolute atomic E-state index is 10.9. The Labute approximate surface area is 207 Å². The highest BCUT2D eigenvalue weighted by Gasteiger charge is 2.20. The van der Waals surface area contributed by atoms with Gasteiger partial charge in [0.05, 0.1) is 18.8 Å². The summed E-state index contributed by atoms with van der Waals surface area (Å²) in [5.41, 5.74) is 0.401. The molecule has 1 aromatic carbocycles. The van der Waals surface area contributed by atoms with Crippen molar-refractivity contribution in [3.63, 3.8) is 0 Å². The first kappa shape index (κ1) is 30.2. The molecular formula is C28H48O6. The maximum atomic E-state index is 10.9. The zero-order chi connectivity index (χ0) is 24.9. The summed E-state index contributed by atoms with van der Waals surface area (Å²) >= 11 is 0. The maximum Gasteiger partial charge on any atom is 0.511 e. The number of phenols is 1. The number of benzene rings is 1. The molecule has 0 heterocycles. The Morgan fingerprint density at radius 3 is 1.62 bits per heavy atom. The van der Waals surface area contributed by atoms with Crippen molar-refractivity contribution in [3.05, 3.63) is 23.8 Å². The number of hydrogen-bond acceptors (Lipinski definition) is 5. The summed E-state index contributed by atoms with van der Waals surface area (Å²) < 4.78 is 16.7. The molecule has 0 aliphatic rings. The van der Waals surface area contributed by atoms with Crippen molar-refractivity contribution in [2.24, 2.45) is 0 Å². The van der Waals surface area contributed by atoms with Crippen molar-refractivity contribution in [3.8, 4) is 11.5 Å². The van der Waals surface area contributed by atoms with Crippen molar-refractivity contribution in [1.82, 2.24) is 0 Å². The quantitative estimate of drug-likeness (QED) is 0.0746. The Bertz CT molecular complexity index is 611. The first-order valence-corrected chi connectivity index (χ1v) is 13.6. The van der Waals surface area contributed by atoms with Crippen LogP contribution in [0.4, 0.5) is 4.79 Å². The molecule has 0 unspecified atom stereocenters. The van der Waals surface area contributed by atoms with Crippen LogP contribution in [0.25, 0.3) is 0 Å². The Kier molecular flexibility index (Phi) is 18.3. The molecular weight excluding hydrogens is 432 g/mol. The van der Waals surface area contributed by atoms with Gasteiger partial charge in [0, 0.05) is 0 Å². The molecule has 0 amide bonds. The van der Waals surface area contributed by atoms with E-state index < -0.39 is 12.4 Å². The number of aromatic hydroxyl groups is 1. The number of unbranched alkanes of at least 4 members (excludes halogenated alkanes) is 14. The summed E-state index contributed by atoms with van der Waals surface area (Å²) in [4.78, 5) is 10.9. The largest absolute Gasteiger partial charge is 0.511 e. The van der Waals surface area contributed by atoms with Gasteiger partial charge < -0.3 is 24.4 Å². The molecule has 6 heteroatoms. The van der Waals surface area contributed by atoms with Crippen LogP contribution in [-0.4, -0.2) is 29.6 Å². The normalized spacial score (nSPS) is 11.3. The minimum Gasteiger partial charge on any atom is -0.504 e. The van der Waals surface area contributed by atoms with Gasteiger partial charge in [-0.3, -0.25) is 0 Å². The van der Waals surface area contributed by atoms with Crippen LogP contribution in [-0.2, 0) is 9.47 Å². The summed E-state index contributed by atoms with van der Waals surface area (Å²) in [5, 5.41) is 19.5. The van der Waals surface area contributed by atoms with E-state index in [0.717, 1.165) is 25.7 Å². The van der Waals surface area contributed by atoms with E-state index >= 15 is 0 Å². The fourth-order valence-electron chi connectivity index (χ4n) is 3.99. The van der Waals surface area contributed by atoms with E-state index in [1.54, 1.807) is 12.1 Å². The molecule has 0 fully saturated rings. The second kappa shape index (κ2) is 20.6. The molecule has 0 aromatic heterocycles. The van der Waals surface area contributed by atoms with Gasteiger partial charge in [0.2, 0.25) is 0 Å². The summed E-state index contributed by atoms with van der Waals surface area (Å²) in [6, 6.07) is 4.75. The smallest absolute Gasteiger partial charge is 0.504 e. The molecule has 0 saturated heterocycles. The van der Waals surface area contributed by atoms with E-state index in [0.29, 0.717) is 18.8 Å². The summed E-state index contributed by atoms with van der Waals surface area (Å²) in [6.45, 7) is 5.51. The van der Waals surface area contributed by atoms with Gasteiger partial charge in [0.15, 0.2) is 17.8 Å². The van der Waals surface area contributed by atoms with Crippen LogP contribution in [0.3, 0.4) is 0 Å². The molecule has 0 bridgehead atoms. The molecule has 0 spiro atoms. The minimum absolute atomic E-state index is 0.110. The van der Waals surface area contributed by atoms with Gasteiger partial charge in [-0.2, -0.15) is 0 Å². The molecule has 1 aromatic rings. The zero-order valence-corrected chi connectivity index (χ0v) is 21.6. The summed E-state index contributed by atoms with van der Waals surface area (Å²) in [6.07, 6.45) is 17.1. The highest BCUT2D eigenvalue weighted by atomic mass is 16.7. The summed E-state index contributed by atoms with van der Waals surface area (Å²) in [5.74, 6) is -0.358. The molecule has 0 saturated carbocycles. The van der Waals surface area contributed by atoms with E-state index in [1.165, 1.54) is 83.1 Å². The predicted octanol–water partition coefficient (Wildman–Crippen LogP) is 8.76. The first-order valence-electron chi connectivity index (χ1n) is 13.6. The van der Waals surface area contributed by atoms with E-state index in [-0.39, 0.29) is 11.5 Å². The van der Waals surface area contributed by atoms with E-state index in [9.17, 15) is 9.90 Å². The van der Waals surface area contributed by atoms with Gasteiger partial charge >= 0.3 is 6.16 Å². The highest BCUT2D eigenvalue weighted by molar-refractivity contribution is 5.63. The fourth-order valence-corrected chi connectivity index (χ4v) is 3.99. The molecule has 196 valence electrons. The van der Waals surface area contributed by atoms with Gasteiger partial charge in [-0.25, -0.2) is 4.79 Å². The lowest BCUT2D eigenvalue weighted by Crippen LogP contribution is -2.12. The lowest BCUT2D eigenvalue weighted by Gasteiger charge is -2.21. The average molecular weight is 481 g/mol. The number of rotatable bonds is 22. The average Bonchev–Trinajstić information content (AvgIpc) is 2.82. The Morgan fingerprint density at radius 2 is 1.18 bits per heavy atom. The SMILES string of the molecule is CCCCCCCCCCOC(OCCCCCCCCCC)c1cccc(OC(=O)O)c1O. The molecule has 0 atom stereocenters. The molecule has 0 aliphatic heterocycles. The van der Waals surface area contributed by atoms with E-state index in [1.807, 2.05) is 0 Å². The first-order chi connectivity index (χ1) is 16.6. The number of carbonyl (C=O) groups is 1. The topological polar surface area (TPSA) is 85.2 Å². The standard InChI is InChI=1S/C28H48O6/c1-3-5-7-9-11-13-15-17-22-32-27(33-23-18-16-14-12-10-8-6-4-2)24-20-19-21-25(26(24)29)34-28(30)31/h19-21,27,29H,3-18,22-23H2,1-2H3,(H,30,31). The van der Waals surface area contributed by atoms with Gasteiger partial charge in [-0.15, -0.1) is 0 Å². The van der Waals surface area contributed by atoms with Crippen molar-refractivity contribution in [2.75, 3.05) is 13.2 Å². The molecule has 1 rings (SSSR count). The lowest BCUT2D eigenvalue weighted by atomic mass is 10.1. The van der Waals surface area contributed by atoms with Crippen LogP contribution >= 0.6 is 0 Å². The number of phenolic OH excluding ortho intramolecular Hbond substituents is 1. The van der Waals surface area contributed by atoms with Gasteiger partial charge in [-0.1, -0.05) is 110 Å². The molecule has 34 heavy (non-hydrogen) atoms. The number of hydrogen-bond donors (Lipinski definition) is 2. The predicted molar refractivity (Wildman–Crippen MR) is 137 cm³/mol. The van der Waals surface area contributed by atoms with Crippen LogP contribution in [0.15, 0.2) is 18.2 Å². The molecule has 0 radical (unpaired) electrons. The molecule has 0 aliphatic carbocycles. The van der Waals surface area contributed by atoms with Crippen LogP contribution in [0, 0.1) is 0 Å². The monoisotopic (exact) mass is 480 g/mol. The zero-order valence-electron chi connectivity index (χ0n) is 21.6. The fraction of sp³-hybridized carbons (Fsp3) is 0.750.